The van der Waals surface area contributed by atoms with E-state index in [0.717, 1.165) is 49.7 Å². The molecular weight excluding hydrogens is 384 g/mol. The molecule has 29 heavy (non-hydrogen) atoms. The van der Waals surface area contributed by atoms with Crippen LogP contribution in [0, 0.1) is 0 Å². The standard InChI is InChI=1S/C23H26N2O3S/c26-23(21-8-7-17-3-1-5-19(17)15-21)24-11-13-25(14-12-24)29(27,28)22-10-9-18-4-2-6-20(18)16-22/h7-10,15-16H,1-6,11-14H2. The van der Waals surface area contributed by atoms with Gasteiger partial charge in [-0.05, 0) is 85.0 Å². The minimum Gasteiger partial charge on any atom is -0.336 e. The maximum Gasteiger partial charge on any atom is 0.253 e. The first-order chi connectivity index (χ1) is 14.0. The predicted molar refractivity (Wildman–Crippen MR) is 112 cm³/mol. The number of sulfonamides is 1. The Hall–Kier alpha value is -2.18. The maximum atomic E-state index is 13.1. The van der Waals surface area contributed by atoms with Crippen LogP contribution in [0.1, 0.15) is 45.5 Å². The Labute approximate surface area is 172 Å². The van der Waals surface area contributed by atoms with Gasteiger partial charge in [-0.3, -0.25) is 4.79 Å². The number of hydrogen-bond acceptors (Lipinski definition) is 3. The van der Waals surface area contributed by atoms with Gasteiger partial charge in [0.05, 0.1) is 4.90 Å². The molecule has 0 N–H and O–H groups in total. The van der Waals surface area contributed by atoms with Gasteiger partial charge in [0.25, 0.3) is 5.91 Å². The molecule has 1 heterocycles. The Morgan fingerprint density at radius 1 is 0.724 bits per heavy atom. The zero-order chi connectivity index (χ0) is 20.0. The molecule has 6 heteroatoms. The summed E-state index contributed by atoms with van der Waals surface area (Å²) < 4.78 is 27.7. The molecule has 1 saturated heterocycles. The second kappa shape index (κ2) is 7.26. The normalized spacial score (nSPS) is 19.2. The molecule has 5 nitrogen and oxygen atoms in total. The Morgan fingerprint density at radius 2 is 1.31 bits per heavy atom. The van der Waals surface area contributed by atoms with Crippen molar-refractivity contribution in [2.45, 2.75) is 43.4 Å². The number of carbonyl (C=O) groups excluding carboxylic acids is 1. The molecule has 0 bridgehead atoms. The summed E-state index contributed by atoms with van der Waals surface area (Å²) in [4.78, 5) is 15.1. The largest absolute Gasteiger partial charge is 0.336 e. The fourth-order valence-corrected chi connectivity index (χ4v) is 6.35. The number of aryl methyl sites for hydroxylation is 4. The highest BCUT2D eigenvalue weighted by atomic mass is 32.2. The van der Waals surface area contributed by atoms with Crippen LogP contribution in [0.25, 0.3) is 0 Å². The summed E-state index contributed by atoms with van der Waals surface area (Å²) in [6.45, 7) is 1.55. The van der Waals surface area contributed by atoms with Crippen LogP contribution in [0.4, 0.5) is 0 Å². The molecule has 2 aromatic rings. The van der Waals surface area contributed by atoms with Gasteiger partial charge in [0.1, 0.15) is 0 Å². The second-order valence-electron chi connectivity index (χ2n) is 8.32. The van der Waals surface area contributed by atoms with E-state index in [2.05, 4.69) is 6.07 Å². The van der Waals surface area contributed by atoms with Crippen LogP contribution >= 0.6 is 0 Å². The topological polar surface area (TPSA) is 57.7 Å². The molecular formula is C23H26N2O3S. The van der Waals surface area contributed by atoms with Crippen LogP contribution in [0.2, 0.25) is 0 Å². The molecule has 3 aliphatic rings. The van der Waals surface area contributed by atoms with E-state index in [0.29, 0.717) is 31.1 Å². The van der Waals surface area contributed by atoms with Crippen molar-refractivity contribution < 1.29 is 13.2 Å². The summed E-state index contributed by atoms with van der Waals surface area (Å²) >= 11 is 0. The van der Waals surface area contributed by atoms with Gasteiger partial charge in [0, 0.05) is 31.7 Å². The summed E-state index contributed by atoms with van der Waals surface area (Å²) in [5, 5.41) is 0. The number of benzene rings is 2. The maximum absolute atomic E-state index is 13.1. The fraction of sp³-hybridized carbons (Fsp3) is 0.435. The third-order valence-corrected chi connectivity index (χ3v) is 8.47. The molecule has 1 amide bonds. The summed E-state index contributed by atoms with van der Waals surface area (Å²) in [6.07, 6.45) is 6.40. The zero-order valence-electron chi connectivity index (χ0n) is 16.6. The van der Waals surface area contributed by atoms with Crippen molar-refractivity contribution in [1.29, 1.82) is 0 Å². The zero-order valence-corrected chi connectivity index (χ0v) is 17.4. The van der Waals surface area contributed by atoms with Crippen LogP contribution in [0.5, 0.6) is 0 Å². The number of amides is 1. The third-order valence-electron chi connectivity index (χ3n) is 6.58. The highest BCUT2D eigenvalue weighted by molar-refractivity contribution is 7.89. The summed E-state index contributed by atoms with van der Waals surface area (Å²) in [5.74, 6) is 0.00859. The average Bonchev–Trinajstić information content (AvgIpc) is 3.41. The summed E-state index contributed by atoms with van der Waals surface area (Å²) in [7, 11) is -3.51. The highest BCUT2D eigenvalue weighted by Crippen LogP contribution is 2.27. The lowest BCUT2D eigenvalue weighted by Crippen LogP contribution is -2.50. The monoisotopic (exact) mass is 410 g/mol. The van der Waals surface area contributed by atoms with Crippen molar-refractivity contribution in [2.24, 2.45) is 0 Å². The molecule has 5 rings (SSSR count). The Bertz CT molecular complexity index is 1070. The second-order valence-corrected chi connectivity index (χ2v) is 10.3. The van der Waals surface area contributed by atoms with E-state index in [9.17, 15) is 13.2 Å². The summed E-state index contributed by atoms with van der Waals surface area (Å²) in [5.41, 5.74) is 5.80. The van der Waals surface area contributed by atoms with Crippen LogP contribution in [0.15, 0.2) is 41.3 Å². The molecule has 1 fully saturated rings. The molecule has 2 aliphatic carbocycles. The van der Waals surface area contributed by atoms with E-state index in [1.807, 2.05) is 24.3 Å². The van der Waals surface area contributed by atoms with E-state index in [1.165, 1.54) is 21.0 Å². The van der Waals surface area contributed by atoms with E-state index in [-0.39, 0.29) is 5.91 Å². The van der Waals surface area contributed by atoms with Crippen molar-refractivity contribution >= 4 is 15.9 Å². The van der Waals surface area contributed by atoms with Crippen molar-refractivity contribution in [1.82, 2.24) is 9.21 Å². The number of nitrogens with zero attached hydrogens (tertiary/aromatic N) is 2. The van der Waals surface area contributed by atoms with E-state index in [4.69, 9.17) is 0 Å². The van der Waals surface area contributed by atoms with Crippen LogP contribution < -0.4 is 0 Å². The van der Waals surface area contributed by atoms with Crippen molar-refractivity contribution in [3.8, 4) is 0 Å². The Balaban J connectivity index is 1.28. The van der Waals surface area contributed by atoms with Gasteiger partial charge in [-0.2, -0.15) is 4.31 Å². The Kier molecular flexibility index (Phi) is 4.71. The molecule has 1 aliphatic heterocycles. The lowest BCUT2D eigenvalue weighted by Gasteiger charge is -2.34. The average molecular weight is 411 g/mol. The number of hydrogen-bond donors (Lipinski definition) is 0. The molecule has 0 spiro atoms. The first-order valence-corrected chi connectivity index (χ1v) is 12.0. The van der Waals surface area contributed by atoms with Crippen LogP contribution in [-0.4, -0.2) is 49.7 Å². The van der Waals surface area contributed by atoms with E-state index in [1.54, 1.807) is 11.0 Å². The number of rotatable bonds is 3. The first-order valence-electron chi connectivity index (χ1n) is 10.6. The minimum atomic E-state index is -3.51. The van der Waals surface area contributed by atoms with Gasteiger partial charge >= 0.3 is 0 Å². The molecule has 0 unspecified atom stereocenters. The fourth-order valence-electron chi connectivity index (χ4n) is 4.88. The van der Waals surface area contributed by atoms with E-state index < -0.39 is 10.0 Å². The molecule has 0 aromatic heterocycles. The van der Waals surface area contributed by atoms with E-state index >= 15 is 0 Å². The number of carbonyl (C=O) groups is 1. The number of piperazine rings is 1. The van der Waals surface area contributed by atoms with Gasteiger partial charge in [-0.1, -0.05) is 12.1 Å². The minimum absolute atomic E-state index is 0.00859. The van der Waals surface area contributed by atoms with Gasteiger partial charge in [-0.15, -0.1) is 0 Å². The molecule has 0 saturated carbocycles. The first kappa shape index (κ1) is 18.8. The third kappa shape index (κ3) is 3.38. The predicted octanol–water partition coefficient (Wildman–Crippen LogP) is 2.81. The smallest absolute Gasteiger partial charge is 0.253 e. The van der Waals surface area contributed by atoms with Gasteiger partial charge < -0.3 is 4.90 Å². The SMILES string of the molecule is O=C(c1ccc2c(c1)CCC2)N1CCN(S(=O)(=O)c2ccc3c(c2)CCC3)CC1. The lowest BCUT2D eigenvalue weighted by atomic mass is 10.1. The van der Waals surface area contributed by atoms with Crippen LogP contribution in [0.3, 0.4) is 0 Å². The molecule has 152 valence electrons. The van der Waals surface area contributed by atoms with Gasteiger partial charge in [0.2, 0.25) is 10.0 Å². The van der Waals surface area contributed by atoms with Crippen molar-refractivity contribution in [3.05, 3.63) is 64.2 Å². The van der Waals surface area contributed by atoms with Gasteiger partial charge in [-0.25, -0.2) is 8.42 Å². The quantitative estimate of drug-likeness (QED) is 0.782. The molecule has 0 atom stereocenters. The number of fused-ring (bicyclic) bond motifs is 2. The molecule has 0 radical (unpaired) electrons. The van der Waals surface area contributed by atoms with Crippen molar-refractivity contribution in [3.63, 3.8) is 0 Å². The van der Waals surface area contributed by atoms with Crippen molar-refractivity contribution in [2.75, 3.05) is 26.2 Å². The van der Waals surface area contributed by atoms with Crippen LogP contribution in [-0.2, 0) is 35.7 Å². The highest BCUT2D eigenvalue weighted by Gasteiger charge is 2.31. The molecule has 2 aromatic carbocycles. The Morgan fingerprint density at radius 3 is 2.00 bits per heavy atom. The summed E-state index contributed by atoms with van der Waals surface area (Å²) in [6, 6.07) is 11.6. The lowest BCUT2D eigenvalue weighted by molar-refractivity contribution is 0.0698. The van der Waals surface area contributed by atoms with Gasteiger partial charge in [0.15, 0.2) is 0 Å².